The predicted octanol–water partition coefficient (Wildman–Crippen LogP) is 0.852. The third kappa shape index (κ3) is 2.93. The molecular weight excluding hydrogens is 216 g/mol. The Bertz CT molecular complexity index is 484. The van der Waals surface area contributed by atoms with E-state index in [0.29, 0.717) is 0 Å². The zero-order chi connectivity index (χ0) is 12.1. The highest BCUT2D eigenvalue weighted by Gasteiger charge is 2.02. The van der Waals surface area contributed by atoms with Crippen LogP contribution in [0.2, 0.25) is 0 Å². The van der Waals surface area contributed by atoms with Crippen LogP contribution in [0.1, 0.15) is 5.82 Å². The van der Waals surface area contributed by atoms with E-state index >= 15 is 0 Å². The van der Waals surface area contributed by atoms with E-state index < -0.39 is 0 Å². The van der Waals surface area contributed by atoms with Gasteiger partial charge < -0.3 is 9.88 Å². The monoisotopic (exact) mass is 232 g/mol. The van der Waals surface area contributed by atoms with Gasteiger partial charge in [0.1, 0.15) is 6.33 Å². The lowest BCUT2D eigenvalue weighted by molar-refractivity contribution is 0.739. The SMILES string of the molecule is C=CCn1ccnc1NCCc1ncn(C)n1. The molecule has 0 aliphatic rings. The van der Waals surface area contributed by atoms with Crippen molar-refractivity contribution in [3.05, 3.63) is 37.2 Å². The van der Waals surface area contributed by atoms with Gasteiger partial charge in [0.2, 0.25) is 5.95 Å². The first-order valence-electron chi connectivity index (χ1n) is 5.50. The van der Waals surface area contributed by atoms with Crippen LogP contribution in [-0.2, 0) is 20.0 Å². The van der Waals surface area contributed by atoms with E-state index in [9.17, 15) is 0 Å². The second-order valence-electron chi connectivity index (χ2n) is 3.70. The zero-order valence-corrected chi connectivity index (χ0v) is 9.87. The molecule has 0 saturated carbocycles. The zero-order valence-electron chi connectivity index (χ0n) is 9.87. The Balaban J connectivity index is 1.85. The fraction of sp³-hybridized carbons (Fsp3) is 0.364. The second-order valence-corrected chi connectivity index (χ2v) is 3.70. The molecular formula is C11H16N6. The van der Waals surface area contributed by atoms with Crippen molar-refractivity contribution in [3.63, 3.8) is 0 Å². The van der Waals surface area contributed by atoms with Crippen LogP contribution in [0.3, 0.4) is 0 Å². The van der Waals surface area contributed by atoms with E-state index in [1.54, 1.807) is 17.2 Å². The van der Waals surface area contributed by atoms with Crippen LogP contribution in [0.15, 0.2) is 31.4 Å². The van der Waals surface area contributed by atoms with Crippen molar-refractivity contribution in [2.75, 3.05) is 11.9 Å². The summed E-state index contributed by atoms with van der Waals surface area (Å²) in [5, 5.41) is 7.46. The molecule has 0 aliphatic heterocycles. The fourth-order valence-corrected chi connectivity index (χ4v) is 1.55. The van der Waals surface area contributed by atoms with Gasteiger partial charge in [-0.25, -0.2) is 9.97 Å². The highest BCUT2D eigenvalue weighted by molar-refractivity contribution is 5.26. The van der Waals surface area contributed by atoms with Crippen LogP contribution in [-0.4, -0.2) is 30.9 Å². The van der Waals surface area contributed by atoms with Gasteiger partial charge in [-0.1, -0.05) is 6.08 Å². The van der Waals surface area contributed by atoms with Gasteiger partial charge in [0.15, 0.2) is 5.82 Å². The summed E-state index contributed by atoms with van der Waals surface area (Å²) in [4.78, 5) is 8.39. The van der Waals surface area contributed by atoms with Gasteiger partial charge >= 0.3 is 0 Å². The van der Waals surface area contributed by atoms with Crippen molar-refractivity contribution in [1.29, 1.82) is 0 Å². The summed E-state index contributed by atoms with van der Waals surface area (Å²) in [7, 11) is 1.86. The van der Waals surface area contributed by atoms with Gasteiger partial charge in [-0.3, -0.25) is 4.68 Å². The van der Waals surface area contributed by atoms with Crippen molar-refractivity contribution in [2.24, 2.45) is 7.05 Å². The Morgan fingerprint density at radius 1 is 1.47 bits per heavy atom. The summed E-state index contributed by atoms with van der Waals surface area (Å²) in [6.45, 7) is 5.22. The number of hydrogen-bond acceptors (Lipinski definition) is 4. The lowest BCUT2D eigenvalue weighted by Crippen LogP contribution is -2.11. The molecule has 0 spiro atoms. The van der Waals surface area contributed by atoms with E-state index in [0.717, 1.165) is 31.3 Å². The summed E-state index contributed by atoms with van der Waals surface area (Å²) in [5.74, 6) is 1.68. The molecule has 2 rings (SSSR count). The summed E-state index contributed by atoms with van der Waals surface area (Å²) in [6.07, 6.45) is 8.01. The number of hydrogen-bond donors (Lipinski definition) is 1. The molecule has 1 N–H and O–H groups in total. The second kappa shape index (κ2) is 5.29. The molecule has 6 nitrogen and oxygen atoms in total. The Hall–Kier alpha value is -2.11. The van der Waals surface area contributed by atoms with Crippen LogP contribution in [0.5, 0.6) is 0 Å². The number of rotatable bonds is 6. The minimum Gasteiger partial charge on any atom is -0.355 e. The van der Waals surface area contributed by atoms with Crippen molar-refractivity contribution >= 4 is 5.95 Å². The molecule has 90 valence electrons. The minimum absolute atomic E-state index is 0.754. The molecule has 0 aromatic carbocycles. The van der Waals surface area contributed by atoms with Crippen LogP contribution in [0, 0.1) is 0 Å². The topological polar surface area (TPSA) is 60.6 Å². The van der Waals surface area contributed by atoms with Crippen LogP contribution >= 0.6 is 0 Å². The van der Waals surface area contributed by atoms with Crippen molar-refractivity contribution in [2.45, 2.75) is 13.0 Å². The van der Waals surface area contributed by atoms with Crippen LogP contribution < -0.4 is 5.32 Å². The highest BCUT2D eigenvalue weighted by atomic mass is 15.3. The molecule has 2 heterocycles. The van der Waals surface area contributed by atoms with E-state index in [1.807, 2.05) is 23.9 Å². The summed E-state index contributed by atoms with van der Waals surface area (Å²) in [5.41, 5.74) is 0. The van der Waals surface area contributed by atoms with E-state index in [4.69, 9.17) is 0 Å². The molecule has 0 unspecified atom stereocenters. The first-order valence-corrected chi connectivity index (χ1v) is 5.50. The summed E-state index contributed by atoms with van der Waals surface area (Å²) < 4.78 is 3.70. The molecule has 0 aliphatic carbocycles. The predicted molar refractivity (Wildman–Crippen MR) is 65.6 cm³/mol. The first-order chi connectivity index (χ1) is 8.29. The molecule has 6 heteroatoms. The quantitative estimate of drug-likeness (QED) is 0.750. The molecule has 0 amide bonds. The maximum Gasteiger partial charge on any atom is 0.203 e. The standard InChI is InChI=1S/C11H16N6/c1-3-7-17-8-6-13-11(17)12-5-4-10-14-9-16(2)15-10/h3,6,8-9H,1,4-5,7H2,2H3,(H,12,13). The normalized spacial score (nSPS) is 10.4. The summed E-state index contributed by atoms with van der Waals surface area (Å²) >= 11 is 0. The third-order valence-electron chi connectivity index (χ3n) is 2.32. The molecule has 0 fully saturated rings. The van der Waals surface area contributed by atoms with Crippen molar-refractivity contribution in [1.82, 2.24) is 24.3 Å². The number of nitrogens with one attached hydrogen (secondary N) is 1. The van der Waals surface area contributed by atoms with Gasteiger partial charge in [0, 0.05) is 39.0 Å². The van der Waals surface area contributed by atoms with Crippen LogP contribution in [0.4, 0.5) is 5.95 Å². The molecule has 2 aromatic rings. The van der Waals surface area contributed by atoms with E-state index in [1.165, 1.54) is 0 Å². The van der Waals surface area contributed by atoms with Gasteiger partial charge in [-0.15, -0.1) is 6.58 Å². The summed E-state index contributed by atoms with van der Waals surface area (Å²) in [6, 6.07) is 0. The van der Waals surface area contributed by atoms with Crippen LogP contribution in [0.25, 0.3) is 0 Å². The van der Waals surface area contributed by atoms with Crippen molar-refractivity contribution in [3.8, 4) is 0 Å². The lowest BCUT2D eigenvalue weighted by atomic mass is 10.4. The third-order valence-corrected chi connectivity index (χ3v) is 2.32. The number of aryl methyl sites for hydroxylation is 1. The van der Waals surface area contributed by atoms with Gasteiger partial charge in [0.25, 0.3) is 0 Å². The number of imidazole rings is 1. The smallest absolute Gasteiger partial charge is 0.203 e. The Kier molecular flexibility index (Phi) is 3.54. The Morgan fingerprint density at radius 3 is 3.06 bits per heavy atom. The van der Waals surface area contributed by atoms with E-state index in [2.05, 4.69) is 27.0 Å². The molecule has 0 atom stereocenters. The lowest BCUT2D eigenvalue weighted by Gasteiger charge is -2.06. The largest absolute Gasteiger partial charge is 0.355 e. The average Bonchev–Trinajstić information content (AvgIpc) is 2.90. The molecule has 0 radical (unpaired) electrons. The molecule has 17 heavy (non-hydrogen) atoms. The number of allylic oxidation sites excluding steroid dienone is 1. The molecule has 2 aromatic heterocycles. The minimum atomic E-state index is 0.754. The number of aromatic nitrogens is 5. The fourth-order valence-electron chi connectivity index (χ4n) is 1.55. The van der Waals surface area contributed by atoms with Crippen molar-refractivity contribution < 1.29 is 0 Å². The Morgan fingerprint density at radius 2 is 2.35 bits per heavy atom. The molecule has 0 bridgehead atoms. The van der Waals surface area contributed by atoms with Gasteiger partial charge in [0.05, 0.1) is 0 Å². The Labute approximate surface area is 100 Å². The maximum atomic E-state index is 4.23. The average molecular weight is 232 g/mol. The first kappa shape index (κ1) is 11.4. The van der Waals surface area contributed by atoms with Gasteiger partial charge in [-0.05, 0) is 0 Å². The number of nitrogens with zero attached hydrogens (tertiary/aromatic N) is 5. The maximum absolute atomic E-state index is 4.23. The highest BCUT2D eigenvalue weighted by Crippen LogP contribution is 2.04. The van der Waals surface area contributed by atoms with E-state index in [-0.39, 0.29) is 0 Å². The number of anilines is 1. The van der Waals surface area contributed by atoms with Gasteiger partial charge in [-0.2, -0.15) is 5.10 Å². The molecule has 0 saturated heterocycles.